The minimum atomic E-state index is -0.133. The van der Waals surface area contributed by atoms with Crippen LogP contribution in [0, 0.1) is 12.7 Å². The molecule has 0 spiro atoms. The Balaban J connectivity index is 2.64. The summed E-state index contributed by atoms with van der Waals surface area (Å²) in [5.41, 5.74) is 2.31. The smallest absolute Gasteiger partial charge is 0.123 e. The minimum Gasteiger partial charge on any atom is -0.317 e. The first-order valence-corrected chi connectivity index (χ1v) is 5.62. The summed E-state index contributed by atoms with van der Waals surface area (Å²) in [4.78, 5) is 0. The van der Waals surface area contributed by atoms with Crippen molar-refractivity contribution in [1.82, 2.24) is 5.32 Å². The molecule has 0 bridgehead atoms. The molecular formula is C13H20FN. The van der Waals surface area contributed by atoms with E-state index in [1.807, 2.05) is 13.0 Å². The molecule has 0 aliphatic heterocycles. The molecule has 0 radical (unpaired) electrons. The number of hydrogen-bond acceptors (Lipinski definition) is 1. The van der Waals surface area contributed by atoms with Crippen molar-refractivity contribution >= 4 is 0 Å². The number of nitrogens with one attached hydrogen (secondary N) is 1. The van der Waals surface area contributed by atoms with E-state index in [1.54, 1.807) is 6.07 Å². The molecule has 1 atom stereocenters. The Bertz CT molecular complexity index is 309. The first-order chi connectivity index (χ1) is 7.15. The van der Waals surface area contributed by atoms with Crippen molar-refractivity contribution in [3.05, 3.63) is 35.1 Å². The number of rotatable bonds is 5. The van der Waals surface area contributed by atoms with E-state index in [4.69, 9.17) is 0 Å². The molecule has 1 aromatic carbocycles. The van der Waals surface area contributed by atoms with Gasteiger partial charge in [-0.1, -0.05) is 19.9 Å². The second-order valence-electron chi connectivity index (χ2n) is 4.04. The highest BCUT2D eigenvalue weighted by Crippen LogP contribution is 2.22. The Morgan fingerprint density at radius 2 is 2.13 bits per heavy atom. The second-order valence-corrected chi connectivity index (χ2v) is 4.04. The van der Waals surface area contributed by atoms with Crippen LogP contribution < -0.4 is 5.32 Å². The van der Waals surface area contributed by atoms with Gasteiger partial charge in [0.1, 0.15) is 5.82 Å². The molecule has 1 nitrogen and oxygen atoms in total. The zero-order chi connectivity index (χ0) is 11.3. The maximum absolute atomic E-state index is 13.1. The van der Waals surface area contributed by atoms with Crippen LogP contribution in [0.5, 0.6) is 0 Å². The highest BCUT2D eigenvalue weighted by molar-refractivity contribution is 5.29. The summed E-state index contributed by atoms with van der Waals surface area (Å²) in [5, 5.41) is 3.29. The molecule has 0 aliphatic rings. The summed E-state index contributed by atoms with van der Waals surface area (Å²) in [6, 6.07) is 5.04. The van der Waals surface area contributed by atoms with Gasteiger partial charge in [0.2, 0.25) is 0 Å². The van der Waals surface area contributed by atoms with Crippen LogP contribution in [-0.4, -0.2) is 13.1 Å². The van der Waals surface area contributed by atoms with Gasteiger partial charge in [0.05, 0.1) is 0 Å². The topological polar surface area (TPSA) is 12.0 Å². The van der Waals surface area contributed by atoms with Gasteiger partial charge in [0.15, 0.2) is 0 Å². The quantitative estimate of drug-likeness (QED) is 0.734. The standard InChI is InChI=1S/C13H20FN/c1-4-15-8-7-11(3)13-9-12(14)6-5-10(13)2/h5-6,9,11,15H,4,7-8H2,1-3H3. The van der Waals surface area contributed by atoms with E-state index >= 15 is 0 Å². The summed E-state index contributed by atoms with van der Waals surface area (Å²) in [6.45, 7) is 8.28. The molecule has 0 aliphatic carbocycles. The fraction of sp³-hybridized carbons (Fsp3) is 0.538. The Labute approximate surface area is 91.7 Å². The summed E-state index contributed by atoms with van der Waals surface area (Å²) in [6.07, 6.45) is 1.05. The van der Waals surface area contributed by atoms with Crippen LogP contribution in [0.3, 0.4) is 0 Å². The molecule has 0 amide bonds. The molecule has 1 rings (SSSR count). The van der Waals surface area contributed by atoms with Crippen LogP contribution in [0.1, 0.15) is 37.3 Å². The molecule has 0 saturated heterocycles. The van der Waals surface area contributed by atoms with Crippen LogP contribution in [-0.2, 0) is 0 Å². The van der Waals surface area contributed by atoms with Gasteiger partial charge in [-0.05, 0) is 55.6 Å². The van der Waals surface area contributed by atoms with Crippen LogP contribution in [0.2, 0.25) is 0 Å². The molecule has 1 unspecified atom stereocenters. The fourth-order valence-electron chi connectivity index (χ4n) is 1.79. The largest absolute Gasteiger partial charge is 0.317 e. The highest BCUT2D eigenvalue weighted by Gasteiger charge is 2.08. The van der Waals surface area contributed by atoms with Gasteiger partial charge in [0, 0.05) is 0 Å². The monoisotopic (exact) mass is 209 g/mol. The lowest BCUT2D eigenvalue weighted by molar-refractivity contribution is 0.592. The second kappa shape index (κ2) is 5.86. The first-order valence-electron chi connectivity index (χ1n) is 5.62. The maximum atomic E-state index is 13.1. The van der Waals surface area contributed by atoms with E-state index in [0.717, 1.165) is 25.1 Å². The van der Waals surface area contributed by atoms with E-state index in [9.17, 15) is 4.39 Å². The Hall–Kier alpha value is -0.890. The molecule has 0 saturated carbocycles. The number of hydrogen-bond donors (Lipinski definition) is 1. The van der Waals surface area contributed by atoms with E-state index in [0.29, 0.717) is 5.92 Å². The van der Waals surface area contributed by atoms with Crippen molar-refractivity contribution in [3.63, 3.8) is 0 Å². The number of benzene rings is 1. The lowest BCUT2D eigenvalue weighted by atomic mass is 9.93. The summed E-state index contributed by atoms with van der Waals surface area (Å²) in [5.74, 6) is 0.283. The van der Waals surface area contributed by atoms with E-state index in [2.05, 4.69) is 19.2 Å². The maximum Gasteiger partial charge on any atom is 0.123 e. The molecule has 15 heavy (non-hydrogen) atoms. The molecular weight excluding hydrogens is 189 g/mol. The number of halogens is 1. The van der Waals surface area contributed by atoms with Crippen LogP contribution in [0.15, 0.2) is 18.2 Å². The first kappa shape index (κ1) is 12.2. The van der Waals surface area contributed by atoms with Crippen LogP contribution in [0.25, 0.3) is 0 Å². The average molecular weight is 209 g/mol. The zero-order valence-electron chi connectivity index (χ0n) is 9.81. The Morgan fingerprint density at radius 3 is 2.80 bits per heavy atom. The molecule has 2 heteroatoms. The summed E-state index contributed by atoms with van der Waals surface area (Å²) < 4.78 is 13.1. The van der Waals surface area contributed by atoms with Crippen molar-refractivity contribution < 1.29 is 4.39 Å². The van der Waals surface area contributed by atoms with E-state index < -0.39 is 0 Å². The van der Waals surface area contributed by atoms with Gasteiger partial charge < -0.3 is 5.32 Å². The Kier molecular flexibility index (Phi) is 4.76. The molecule has 0 aromatic heterocycles. The van der Waals surface area contributed by atoms with Gasteiger partial charge in [-0.3, -0.25) is 0 Å². The van der Waals surface area contributed by atoms with Crippen LogP contribution in [0.4, 0.5) is 4.39 Å². The third-order valence-corrected chi connectivity index (χ3v) is 2.78. The SMILES string of the molecule is CCNCCC(C)c1cc(F)ccc1C. The average Bonchev–Trinajstić information content (AvgIpc) is 2.22. The predicted octanol–water partition coefficient (Wildman–Crippen LogP) is 3.24. The van der Waals surface area contributed by atoms with Crippen molar-refractivity contribution in [2.75, 3.05) is 13.1 Å². The minimum absolute atomic E-state index is 0.133. The lowest BCUT2D eigenvalue weighted by Crippen LogP contribution is -2.16. The van der Waals surface area contributed by atoms with Crippen LogP contribution >= 0.6 is 0 Å². The van der Waals surface area contributed by atoms with Gasteiger partial charge in [0.25, 0.3) is 0 Å². The summed E-state index contributed by atoms with van der Waals surface area (Å²) in [7, 11) is 0. The molecule has 84 valence electrons. The molecule has 0 heterocycles. The van der Waals surface area contributed by atoms with Gasteiger partial charge in [-0.15, -0.1) is 0 Å². The molecule has 1 aromatic rings. The van der Waals surface area contributed by atoms with Gasteiger partial charge in [-0.25, -0.2) is 4.39 Å². The van der Waals surface area contributed by atoms with Gasteiger partial charge >= 0.3 is 0 Å². The van der Waals surface area contributed by atoms with Crippen molar-refractivity contribution in [3.8, 4) is 0 Å². The van der Waals surface area contributed by atoms with E-state index in [1.165, 1.54) is 11.6 Å². The summed E-state index contributed by atoms with van der Waals surface area (Å²) >= 11 is 0. The Morgan fingerprint density at radius 1 is 1.40 bits per heavy atom. The third-order valence-electron chi connectivity index (χ3n) is 2.78. The zero-order valence-corrected chi connectivity index (χ0v) is 9.81. The van der Waals surface area contributed by atoms with Crippen molar-refractivity contribution in [2.24, 2.45) is 0 Å². The highest BCUT2D eigenvalue weighted by atomic mass is 19.1. The lowest BCUT2D eigenvalue weighted by Gasteiger charge is -2.14. The molecule has 1 N–H and O–H groups in total. The predicted molar refractivity (Wildman–Crippen MR) is 62.7 cm³/mol. The molecule has 0 fully saturated rings. The number of aryl methyl sites for hydroxylation is 1. The van der Waals surface area contributed by atoms with E-state index in [-0.39, 0.29) is 5.82 Å². The third kappa shape index (κ3) is 3.63. The van der Waals surface area contributed by atoms with Crippen molar-refractivity contribution in [2.45, 2.75) is 33.1 Å². The fourth-order valence-corrected chi connectivity index (χ4v) is 1.79. The van der Waals surface area contributed by atoms with Gasteiger partial charge in [-0.2, -0.15) is 0 Å². The normalized spacial score (nSPS) is 12.8. The van der Waals surface area contributed by atoms with Crippen molar-refractivity contribution in [1.29, 1.82) is 0 Å².